The standard InChI is InChI=1S/C18H21FN4O3/c19-15-3-1-14(2-4-15)11-23-16(5-7-20-23)21-17(24)22-8-10-26-18(12-22)6-9-25-13-18/h1-5,7H,6,8-13H2,(H,21,24). The number of rotatable bonds is 3. The summed E-state index contributed by atoms with van der Waals surface area (Å²) in [4.78, 5) is 14.4. The molecule has 4 rings (SSSR count). The molecule has 0 radical (unpaired) electrons. The Morgan fingerprint density at radius 1 is 1.27 bits per heavy atom. The van der Waals surface area contributed by atoms with Gasteiger partial charge in [0, 0.05) is 25.6 Å². The second-order valence-electron chi connectivity index (χ2n) is 6.69. The molecule has 26 heavy (non-hydrogen) atoms. The van der Waals surface area contributed by atoms with Crippen molar-refractivity contribution in [2.24, 2.45) is 0 Å². The lowest BCUT2D eigenvalue weighted by atomic mass is 10.0. The van der Waals surface area contributed by atoms with Gasteiger partial charge in [-0.3, -0.25) is 5.32 Å². The monoisotopic (exact) mass is 360 g/mol. The third-order valence-corrected chi connectivity index (χ3v) is 4.80. The topological polar surface area (TPSA) is 68.6 Å². The number of nitrogens with one attached hydrogen (secondary N) is 1. The quantitative estimate of drug-likeness (QED) is 0.910. The minimum Gasteiger partial charge on any atom is -0.378 e. The van der Waals surface area contributed by atoms with Gasteiger partial charge < -0.3 is 14.4 Å². The van der Waals surface area contributed by atoms with Gasteiger partial charge in [0.25, 0.3) is 0 Å². The van der Waals surface area contributed by atoms with Crippen molar-refractivity contribution in [3.63, 3.8) is 0 Å². The number of anilines is 1. The SMILES string of the molecule is O=C(Nc1ccnn1Cc1ccc(F)cc1)N1CCOC2(CCOC2)C1. The minimum absolute atomic E-state index is 0.180. The van der Waals surface area contributed by atoms with Crippen LogP contribution in [-0.4, -0.2) is 59.2 Å². The van der Waals surface area contributed by atoms with Crippen molar-refractivity contribution in [3.05, 3.63) is 47.9 Å². The first-order valence-corrected chi connectivity index (χ1v) is 8.67. The lowest BCUT2D eigenvalue weighted by Gasteiger charge is -2.39. The lowest BCUT2D eigenvalue weighted by molar-refractivity contribution is -0.0964. The molecule has 1 spiro atoms. The van der Waals surface area contributed by atoms with Crippen LogP contribution < -0.4 is 5.32 Å². The number of carbonyl (C=O) groups is 1. The third-order valence-electron chi connectivity index (χ3n) is 4.80. The smallest absolute Gasteiger partial charge is 0.323 e. The molecule has 7 nitrogen and oxygen atoms in total. The summed E-state index contributed by atoms with van der Waals surface area (Å²) in [5.41, 5.74) is 0.531. The van der Waals surface area contributed by atoms with Crippen LogP contribution >= 0.6 is 0 Å². The summed E-state index contributed by atoms with van der Waals surface area (Å²) in [5.74, 6) is 0.322. The molecule has 8 heteroatoms. The highest BCUT2D eigenvalue weighted by Gasteiger charge is 2.41. The van der Waals surface area contributed by atoms with E-state index < -0.39 is 0 Å². The van der Waals surface area contributed by atoms with Crippen LogP contribution in [0, 0.1) is 5.82 Å². The molecule has 2 amide bonds. The van der Waals surface area contributed by atoms with Gasteiger partial charge in [-0.1, -0.05) is 12.1 Å². The number of carbonyl (C=O) groups excluding carboxylic acids is 1. The molecule has 1 unspecified atom stereocenters. The molecule has 138 valence electrons. The fourth-order valence-corrected chi connectivity index (χ4v) is 3.36. The van der Waals surface area contributed by atoms with Gasteiger partial charge in [0.1, 0.15) is 17.2 Å². The molecule has 0 aliphatic carbocycles. The molecule has 2 fully saturated rings. The molecule has 2 aliphatic heterocycles. The van der Waals surface area contributed by atoms with Crippen molar-refractivity contribution in [2.75, 3.05) is 38.2 Å². The van der Waals surface area contributed by atoms with Crippen LogP contribution in [0.5, 0.6) is 0 Å². The fourth-order valence-electron chi connectivity index (χ4n) is 3.36. The van der Waals surface area contributed by atoms with Gasteiger partial charge in [-0.2, -0.15) is 5.10 Å². The highest BCUT2D eigenvalue weighted by atomic mass is 19.1. The predicted octanol–water partition coefficient (Wildman–Crippen LogP) is 2.09. The molecule has 0 bridgehead atoms. The van der Waals surface area contributed by atoms with Crippen molar-refractivity contribution in [1.82, 2.24) is 14.7 Å². The van der Waals surface area contributed by atoms with Crippen LogP contribution in [0.1, 0.15) is 12.0 Å². The Balaban J connectivity index is 1.42. The highest BCUT2D eigenvalue weighted by molar-refractivity contribution is 5.88. The Morgan fingerprint density at radius 3 is 2.88 bits per heavy atom. The van der Waals surface area contributed by atoms with Gasteiger partial charge in [0.05, 0.1) is 32.5 Å². The average molecular weight is 360 g/mol. The molecule has 1 N–H and O–H groups in total. The normalized spacial score (nSPS) is 22.7. The molecule has 2 saturated heterocycles. The van der Waals surface area contributed by atoms with Crippen LogP contribution in [-0.2, 0) is 16.0 Å². The molecule has 2 aliphatic rings. The van der Waals surface area contributed by atoms with E-state index in [0.29, 0.717) is 45.3 Å². The second-order valence-corrected chi connectivity index (χ2v) is 6.69. The van der Waals surface area contributed by atoms with E-state index in [-0.39, 0.29) is 17.4 Å². The molecule has 1 atom stereocenters. The van der Waals surface area contributed by atoms with Crippen molar-refractivity contribution in [1.29, 1.82) is 0 Å². The first-order chi connectivity index (χ1) is 12.6. The van der Waals surface area contributed by atoms with E-state index in [0.717, 1.165) is 12.0 Å². The van der Waals surface area contributed by atoms with Crippen LogP contribution in [0.25, 0.3) is 0 Å². The van der Waals surface area contributed by atoms with E-state index >= 15 is 0 Å². The van der Waals surface area contributed by atoms with Crippen LogP contribution in [0.4, 0.5) is 15.0 Å². The molecule has 1 aromatic heterocycles. The number of ether oxygens (including phenoxy) is 2. The molecule has 1 aromatic carbocycles. The number of aromatic nitrogens is 2. The van der Waals surface area contributed by atoms with Gasteiger partial charge in [-0.25, -0.2) is 13.9 Å². The number of amides is 2. The summed E-state index contributed by atoms with van der Waals surface area (Å²) >= 11 is 0. The van der Waals surface area contributed by atoms with Gasteiger partial charge in [0.2, 0.25) is 0 Å². The van der Waals surface area contributed by atoms with Crippen molar-refractivity contribution in [3.8, 4) is 0 Å². The molecular weight excluding hydrogens is 339 g/mol. The number of nitrogens with zero attached hydrogens (tertiary/aromatic N) is 3. The fraction of sp³-hybridized carbons (Fsp3) is 0.444. The number of hydrogen-bond acceptors (Lipinski definition) is 4. The van der Waals surface area contributed by atoms with Crippen LogP contribution in [0.2, 0.25) is 0 Å². The van der Waals surface area contributed by atoms with Gasteiger partial charge >= 0.3 is 6.03 Å². The summed E-state index contributed by atoms with van der Waals surface area (Å²) in [7, 11) is 0. The largest absolute Gasteiger partial charge is 0.378 e. The van der Waals surface area contributed by atoms with Gasteiger partial charge in [-0.05, 0) is 17.7 Å². The zero-order valence-corrected chi connectivity index (χ0v) is 14.4. The van der Waals surface area contributed by atoms with Gasteiger partial charge in [0.15, 0.2) is 0 Å². The summed E-state index contributed by atoms with van der Waals surface area (Å²) in [6.07, 6.45) is 2.43. The van der Waals surface area contributed by atoms with E-state index in [9.17, 15) is 9.18 Å². The van der Waals surface area contributed by atoms with Crippen LogP contribution in [0.15, 0.2) is 36.5 Å². The second kappa shape index (κ2) is 7.05. The Hall–Kier alpha value is -2.45. The maximum absolute atomic E-state index is 13.0. The molecule has 2 aromatic rings. The zero-order chi connectivity index (χ0) is 18.0. The van der Waals surface area contributed by atoms with Crippen molar-refractivity contribution >= 4 is 11.8 Å². The summed E-state index contributed by atoms with van der Waals surface area (Å²) in [5, 5.41) is 7.16. The Labute approximate surface area is 150 Å². The Kier molecular flexibility index (Phi) is 4.60. The van der Waals surface area contributed by atoms with Crippen LogP contribution in [0.3, 0.4) is 0 Å². The van der Waals surface area contributed by atoms with E-state index in [1.807, 2.05) is 0 Å². The Morgan fingerprint density at radius 2 is 2.12 bits per heavy atom. The van der Waals surface area contributed by atoms with E-state index in [2.05, 4.69) is 10.4 Å². The predicted molar refractivity (Wildman–Crippen MR) is 92.4 cm³/mol. The number of hydrogen-bond donors (Lipinski definition) is 1. The zero-order valence-electron chi connectivity index (χ0n) is 14.4. The minimum atomic E-state index is -0.371. The summed E-state index contributed by atoms with van der Waals surface area (Å²) in [6.45, 7) is 3.21. The summed E-state index contributed by atoms with van der Waals surface area (Å²) < 4.78 is 26.0. The van der Waals surface area contributed by atoms with Crippen molar-refractivity contribution < 1.29 is 18.7 Å². The maximum atomic E-state index is 13.0. The summed E-state index contributed by atoms with van der Waals surface area (Å²) in [6, 6.07) is 7.79. The van der Waals surface area contributed by atoms with Gasteiger partial charge in [-0.15, -0.1) is 0 Å². The number of morpholine rings is 1. The Bertz CT molecular complexity index is 771. The van der Waals surface area contributed by atoms with E-state index in [1.165, 1.54) is 12.1 Å². The average Bonchev–Trinajstić information content (AvgIpc) is 3.27. The molecular formula is C18H21FN4O3. The van der Waals surface area contributed by atoms with Crippen molar-refractivity contribution in [2.45, 2.75) is 18.6 Å². The molecule has 0 saturated carbocycles. The number of halogens is 1. The maximum Gasteiger partial charge on any atom is 0.323 e. The lowest BCUT2D eigenvalue weighted by Crippen LogP contribution is -2.55. The van der Waals surface area contributed by atoms with E-state index in [4.69, 9.17) is 9.47 Å². The first-order valence-electron chi connectivity index (χ1n) is 8.67. The first kappa shape index (κ1) is 17.0. The number of benzene rings is 1. The third kappa shape index (κ3) is 3.56. The number of urea groups is 1. The van der Waals surface area contributed by atoms with E-state index in [1.54, 1.807) is 34.0 Å². The highest BCUT2D eigenvalue weighted by Crippen LogP contribution is 2.27. The molecule has 3 heterocycles.